The van der Waals surface area contributed by atoms with Crippen molar-refractivity contribution in [1.82, 2.24) is 9.97 Å². The SMILES string of the molecule is CCOc1ccc(C=C(C#N)c2nc3ccccc3c(=O)[nH]2)cc1. The van der Waals surface area contributed by atoms with Crippen molar-refractivity contribution in [3.63, 3.8) is 0 Å². The maximum absolute atomic E-state index is 12.1. The minimum atomic E-state index is -0.261. The predicted molar refractivity (Wildman–Crippen MR) is 93.5 cm³/mol. The zero-order valence-electron chi connectivity index (χ0n) is 13.1. The van der Waals surface area contributed by atoms with Gasteiger partial charge in [-0.3, -0.25) is 4.79 Å². The second kappa shape index (κ2) is 6.80. The number of nitrogens with one attached hydrogen (secondary N) is 1. The number of hydrogen-bond donors (Lipinski definition) is 1. The van der Waals surface area contributed by atoms with E-state index in [-0.39, 0.29) is 11.4 Å². The van der Waals surface area contributed by atoms with Crippen LogP contribution < -0.4 is 10.3 Å². The van der Waals surface area contributed by atoms with Crippen molar-refractivity contribution in [2.75, 3.05) is 6.61 Å². The summed E-state index contributed by atoms with van der Waals surface area (Å²) in [6.45, 7) is 2.52. The molecule has 0 atom stereocenters. The van der Waals surface area contributed by atoms with E-state index in [1.807, 2.05) is 31.2 Å². The molecule has 1 heterocycles. The molecular weight excluding hydrogens is 302 g/mol. The van der Waals surface area contributed by atoms with E-state index in [0.29, 0.717) is 23.1 Å². The molecule has 5 heteroatoms. The third-order valence-corrected chi connectivity index (χ3v) is 3.49. The Hall–Kier alpha value is -3.39. The molecule has 0 bridgehead atoms. The lowest BCUT2D eigenvalue weighted by atomic mass is 10.1. The van der Waals surface area contributed by atoms with Crippen LogP contribution in [0.25, 0.3) is 22.6 Å². The summed E-state index contributed by atoms with van der Waals surface area (Å²) in [5.41, 5.74) is 1.42. The first kappa shape index (κ1) is 15.5. The van der Waals surface area contributed by atoms with Crippen molar-refractivity contribution in [3.05, 3.63) is 70.3 Å². The molecule has 1 aromatic heterocycles. The summed E-state index contributed by atoms with van der Waals surface area (Å²) in [7, 11) is 0. The molecule has 3 rings (SSSR count). The molecule has 0 unspecified atom stereocenters. The quantitative estimate of drug-likeness (QED) is 0.748. The maximum atomic E-state index is 12.1. The summed E-state index contributed by atoms with van der Waals surface area (Å²) in [6.07, 6.45) is 1.68. The topological polar surface area (TPSA) is 78.8 Å². The van der Waals surface area contributed by atoms with Crippen LogP contribution in [0.4, 0.5) is 0 Å². The average molecular weight is 317 g/mol. The Bertz CT molecular complexity index is 996. The number of aromatic amines is 1. The van der Waals surface area contributed by atoms with Gasteiger partial charge in [0.25, 0.3) is 5.56 Å². The molecular formula is C19H15N3O2. The first-order valence-corrected chi connectivity index (χ1v) is 7.55. The number of aromatic nitrogens is 2. The molecule has 118 valence electrons. The maximum Gasteiger partial charge on any atom is 0.259 e. The number of ether oxygens (including phenoxy) is 1. The van der Waals surface area contributed by atoms with Crippen LogP contribution in [0.2, 0.25) is 0 Å². The van der Waals surface area contributed by atoms with E-state index in [1.54, 1.807) is 30.3 Å². The van der Waals surface area contributed by atoms with Crippen molar-refractivity contribution < 1.29 is 4.74 Å². The minimum absolute atomic E-state index is 0.259. The molecule has 1 N–H and O–H groups in total. The summed E-state index contributed by atoms with van der Waals surface area (Å²) in [4.78, 5) is 19.2. The third-order valence-electron chi connectivity index (χ3n) is 3.49. The summed E-state index contributed by atoms with van der Waals surface area (Å²) in [6, 6.07) is 16.5. The van der Waals surface area contributed by atoms with Crippen molar-refractivity contribution in [3.8, 4) is 11.8 Å². The summed E-state index contributed by atoms with van der Waals surface area (Å²) in [5.74, 6) is 1.03. The molecule has 2 aromatic carbocycles. The van der Waals surface area contributed by atoms with Crippen LogP contribution in [0, 0.1) is 11.3 Å². The second-order valence-electron chi connectivity index (χ2n) is 5.10. The smallest absolute Gasteiger partial charge is 0.259 e. The summed E-state index contributed by atoms with van der Waals surface area (Å²) < 4.78 is 5.40. The van der Waals surface area contributed by atoms with Crippen LogP contribution in [-0.2, 0) is 0 Å². The van der Waals surface area contributed by atoms with Gasteiger partial charge in [-0.1, -0.05) is 24.3 Å². The van der Waals surface area contributed by atoms with Gasteiger partial charge in [-0.2, -0.15) is 5.26 Å². The molecule has 0 aliphatic rings. The number of nitrogens with zero attached hydrogens (tertiary/aromatic N) is 2. The molecule has 0 fully saturated rings. The Labute approximate surface area is 138 Å². The molecule has 0 radical (unpaired) electrons. The fraction of sp³-hybridized carbons (Fsp3) is 0.105. The van der Waals surface area contributed by atoms with E-state index in [4.69, 9.17) is 4.74 Å². The summed E-state index contributed by atoms with van der Waals surface area (Å²) in [5, 5.41) is 9.94. The van der Waals surface area contributed by atoms with Gasteiger partial charge in [-0.25, -0.2) is 4.98 Å². The van der Waals surface area contributed by atoms with Crippen LogP contribution in [0.5, 0.6) is 5.75 Å². The highest BCUT2D eigenvalue weighted by Gasteiger charge is 2.08. The number of hydrogen-bond acceptors (Lipinski definition) is 4. The van der Waals surface area contributed by atoms with E-state index < -0.39 is 0 Å². The van der Waals surface area contributed by atoms with E-state index in [1.165, 1.54) is 0 Å². The molecule has 0 saturated carbocycles. The fourth-order valence-corrected chi connectivity index (χ4v) is 2.36. The van der Waals surface area contributed by atoms with E-state index >= 15 is 0 Å². The van der Waals surface area contributed by atoms with Gasteiger partial charge in [0.05, 0.1) is 23.1 Å². The number of rotatable bonds is 4. The van der Waals surface area contributed by atoms with Crippen LogP contribution in [-0.4, -0.2) is 16.6 Å². The van der Waals surface area contributed by atoms with Crippen LogP contribution in [0.1, 0.15) is 18.3 Å². The van der Waals surface area contributed by atoms with Gasteiger partial charge in [0.2, 0.25) is 0 Å². The Morgan fingerprint density at radius 3 is 2.71 bits per heavy atom. The van der Waals surface area contributed by atoms with Crippen molar-refractivity contribution in [2.45, 2.75) is 6.92 Å². The average Bonchev–Trinajstić information content (AvgIpc) is 2.61. The number of allylic oxidation sites excluding steroid dienone is 1. The van der Waals surface area contributed by atoms with Crippen LogP contribution in [0.15, 0.2) is 53.3 Å². The van der Waals surface area contributed by atoms with Gasteiger partial charge in [-0.15, -0.1) is 0 Å². The van der Waals surface area contributed by atoms with Gasteiger partial charge in [0.1, 0.15) is 11.8 Å². The molecule has 3 aromatic rings. The van der Waals surface area contributed by atoms with Gasteiger partial charge < -0.3 is 9.72 Å². The van der Waals surface area contributed by atoms with Crippen molar-refractivity contribution >= 4 is 22.6 Å². The summed E-state index contributed by atoms with van der Waals surface area (Å²) >= 11 is 0. The largest absolute Gasteiger partial charge is 0.494 e. The monoisotopic (exact) mass is 317 g/mol. The van der Waals surface area contributed by atoms with Crippen LogP contribution >= 0.6 is 0 Å². The molecule has 0 aliphatic carbocycles. The molecule has 0 amide bonds. The van der Waals surface area contributed by atoms with E-state index in [0.717, 1.165) is 11.3 Å². The zero-order chi connectivity index (χ0) is 16.9. The van der Waals surface area contributed by atoms with Gasteiger partial charge in [0, 0.05) is 0 Å². The Balaban J connectivity index is 2.02. The third kappa shape index (κ3) is 3.18. The van der Waals surface area contributed by atoms with E-state index in [9.17, 15) is 10.1 Å². The lowest BCUT2D eigenvalue weighted by Crippen LogP contribution is -2.11. The highest BCUT2D eigenvalue weighted by Crippen LogP contribution is 2.18. The first-order chi connectivity index (χ1) is 11.7. The molecule has 0 aliphatic heterocycles. The Kier molecular flexibility index (Phi) is 4.39. The number of para-hydroxylation sites is 1. The molecule has 0 spiro atoms. The van der Waals surface area contributed by atoms with Gasteiger partial charge in [-0.05, 0) is 42.8 Å². The molecule has 0 saturated heterocycles. The zero-order valence-corrected chi connectivity index (χ0v) is 13.1. The molecule has 5 nitrogen and oxygen atoms in total. The Morgan fingerprint density at radius 1 is 1.25 bits per heavy atom. The highest BCUT2D eigenvalue weighted by molar-refractivity contribution is 5.89. The van der Waals surface area contributed by atoms with Crippen molar-refractivity contribution in [2.24, 2.45) is 0 Å². The molecule has 24 heavy (non-hydrogen) atoms. The fourth-order valence-electron chi connectivity index (χ4n) is 2.36. The van der Waals surface area contributed by atoms with Crippen molar-refractivity contribution in [1.29, 1.82) is 5.26 Å². The number of nitriles is 1. The minimum Gasteiger partial charge on any atom is -0.494 e. The standard InChI is InChI=1S/C19H15N3O2/c1-2-24-15-9-7-13(8-10-15)11-14(12-20)18-21-17-6-4-3-5-16(17)19(23)22-18/h3-11H,2H2,1H3,(H,21,22,23). The lowest BCUT2D eigenvalue weighted by molar-refractivity contribution is 0.340. The lowest BCUT2D eigenvalue weighted by Gasteiger charge is -2.04. The van der Waals surface area contributed by atoms with Gasteiger partial charge >= 0.3 is 0 Å². The second-order valence-corrected chi connectivity index (χ2v) is 5.10. The number of H-pyrrole nitrogens is 1. The van der Waals surface area contributed by atoms with E-state index in [2.05, 4.69) is 16.0 Å². The number of fused-ring (bicyclic) bond motifs is 1. The normalized spacial score (nSPS) is 11.2. The van der Waals surface area contributed by atoms with Gasteiger partial charge in [0.15, 0.2) is 5.82 Å². The first-order valence-electron chi connectivity index (χ1n) is 7.55. The Morgan fingerprint density at radius 2 is 2.00 bits per heavy atom. The number of benzene rings is 2. The van der Waals surface area contributed by atoms with Crippen LogP contribution in [0.3, 0.4) is 0 Å². The predicted octanol–water partition coefficient (Wildman–Crippen LogP) is 3.39. The highest BCUT2D eigenvalue weighted by atomic mass is 16.5.